The van der Waals surface area contributed by atoms with Crippen LogP contribution >= 0.6 is 0 Å². The first-order chi connectivity index (χ1) is 39.5. The zero-order chi connectivity index (χ0) is 59.6. The van der Waals surface area contributed by atoms with Gasteiger partial charge in [-0.05, 0) is 156 Å². The van der Waals surface area contributed by atoms with Gasteiger partial charge in [0.2, 0.25) is 0 Å². The minimum Gasteiger partial charge on any atom is -0.508 e. The van der Waals surface area contributed by atoms with E-state index >= 15 is 0 Å². The molecule has 0 unspecified atom stereocenters. The number of benzene rings is 4. The quantitative estimate of drug-likeness (QED) is 0.101. The van der Waals surface area contributed by atoms with Crippen LogP contribution in [0.25, 0.3) is 0 Å². The maximum absolute atomic E-state index is 13.3. The van der Waals surface area contributed by atoms with Crippen LogP contribution in [0, 0.1) is 0 Å². The third kappa shape index (κ3) is 16.4. The van der Waals surface area contributed by atoms with Gasteiger partial charge in [0.1, 0.15) is 29.3 Å². The first-order valence-corrected chi connectivity index (χ1v) is 27.9. The van der Waals surface area contributed by atoms with Crippen molar-refractivity contribution in [2.24, 2.45) is 7.05 Å². The zero-order valence-corrected chi connectivity index (χ0v) is 48.2. The minimum atomic E-state index is -1.07. The number of nitrogens with one attached hydrogen (secondary N) is 2. The summed E-state index contributed by atoms with van der Waals surface area (Å²) in [5.41, 5.74) is 4.69. The molecule has 0 saturated carbocycles. The molecular weight excluding hydrogens is 1070 g/mol. The molecule has 4 atom stereocenters. The number of carbonyl (C=O) groups excluding carboxylic acids is 6. The monoisotopic (exact) mass is 1140 g/mol. The van der Waals surface area contributed by atoms with Crippen LogP contribution in [0.2, 0.25) is 0 Å². The van der Waals surface area contributed by atoms with Crippen molar-refractivity contribution in [3.05, 3.63) is 147 Å². The van der Waals surface area contributed by atoms with Gasteiger partial charge in [0.05, 0.1) is 56.4 Å². The van der Waals surface area contributed by atoms with E-state index in [0.717, 1.165) is 27.9 Å². The summed E-state index contributed by atoms with van der Waals surface area (Å²) in [6.45, 7) is 15.4. The van der Waals surface area contributed by atoms with Crippen molar-refractivity contribution in [3.63, 3.8) is 0 Å². The van der Waals surface area contributed by atoms with Crippen LogP contribution < -0.4 is 15.4 Å². The summed E-state index contributed by atoms with van der Waals surface area (Å²) in [5, 5.41) is 41.9. The predicted molar refractivity (Wildman–Crippen MR) is 304 cm³/mol. The predicted octanol–water partition coefficient (Wildman–Crippen LogP) is 5.24. The highest BCUT2D eigenvalue weighted by Crippen LogP contribution is 2.32. The molecule has 4 aromatic carbocycles. The normalized spacial score (nSPS) is 17.8. The average Bonchev–Trinajstić information content (AvgIpc) is 4.09. The van der Waals surface area contributed by atoms with Gasteiger partial charge in [0.15, 0.2) is 0 Å². The number of hydrogen-bond donors (Lipinski definition) is 5. The number of morpholine rings is 2. The van der Waals surface area contributed by atoms with E-state index in [2.05, 4.69) is 15.7 Å². The van der Waals surface area contributed by atoms with Gasteiger partial charge < -0.3 is 59.4 Å². The molecule has 0 bridgehead atoms. The Hall–Kier alpha value is -8.05. The van der Waals surface area contributed by atoms with E-state index in [1.54, 1.807) is 129 Å². The molecule has 0 spiro atoms. The largest absolute Gasteiger partial charge is 0.508 e. The van der Waals surface area contributed by atoms with Gasteiger partial charge in [-0.25, -0.2) is 9.59 Å². The average molecular weight is 1150 g/mol. The number of aromatic hydroxyl groups is 1. The van der Waals surface area contributed by atoms with Gasteiger partial charge in [0, 0.05) is 87.9 Å². The van der Waals surface area contributed by atoms with E-state index in [0.29, 0.717) is 100 Å². The number of aliphatic hydroxyl groups is 2. The molecule has 6 amide bonds. The summed E-state index contributed by atoms with van der Waals surface area (Å²) in [7, 11) is 1.85. The summed E-state index contributed by atoms with van der Waals surface area (Å²) in [6.07, 6.45) is -0.860. The number of hydrogen-bond acceptors (Lipinski definition) is 15. The Kier molecular flexibility index (Phi) is 19.8. The van der Waals surface area contributed by atoms with Crippen LogP contribution in [0.5, 0.6) is 11.5 Å². The molecule has 2 saturated heterocycles. The van der Waals surface area contributed by atoms with Crippen LogP contribution in [-0.4, -0.2) is 182 Å². The fourth-order valence-corrected chi connectivity index (χ4v) is 10.00. The topological polar surface area (TPSA) is 264 Å². The molecule has 444 valence electrons. The van der Waals surface area contributed by atoms with Gasteiger partial charge in [-0.3, -0.25) is 33.7 Å². The standard InChI is InChI=1S/C33H41N5O7.C28H35N3O7/c1-33(2,3)45-32(42)38-20-25-17-27(44-21-26-11-12-35-36(26)4)10-9-24(25)18-28(38)29(39)19-34-30(40)22-5-7-23(8-6-22)31(41)37-13-15-43-16-14-37;1-28(2,3)38-27(36)31-17-21-14-22(32)9-8-20(21)15-23(31)24(33)16-29-25(34)18-4-6-19(7-5-18)26(35)30-10-12-37-13-11-30/h5-12,17,28-29,39H,13-16,18-21H2,1-4H3,(H,34,40);4-9,14,23-24,32-33H,10-13,15-17H2,1-3H3,(H,29,34)/t28-,29+;23-,24+/m00/s1. The second-order valence-corrected chi connectivity index (χ2v) is 22.9. The van der Waals surface area contributed by atoms with Crippen molar-refractivity contribution in [2.75, 3.05) is 65.7 Å². The molecule has 2 fully saturated rings. The third-order valence-electron chi connectivity index (χ3n) is 14.5. The number of ether oxygens (including phenoxy) is 5. The smallest absolute Gasteiger partial charge is 0.410 e. The fourth-order valence-electron chi connectivity index (χ4n) is 10.00. The molecule has 4 aliphatic heterocycles. The molecule has 1 aromatic heterocycles. The van der Waals surface area contributed by atoms with Crippen LogP contribution in [0.15, 0.2) is 97.2 Å². The van der Waals surface area contributed by atoms with E-state index < -0.39 is 59.5 Å². The highest BCUT2D eigenvalue weighted by molar-refractivity contribution is 5.99. The number of carbonyl (C=O) groups is 6. The highest BCUT2D eigenvalue weighted by atomic mass is 16.6. The van der Waals surface area contributed by atoms with E-state index in [4.69, 9.17) is 23.7 Å². The van der Waals surface area contributed by atoms with Crippen molar-refractivity contribution in [1.82, 2.24) is 40.0 Å². The number of fused-ring (bicyclic) bond motifs is 2. The number of aryl methyl sites for hydroxylation is 1. The first-order valence-electron chi connectivity index (χ1n) is 27.9. The summed E-state index contributed by atoms with van der Waals surface area (Å²) in [6, 6.07) is 24.1. The number of phenolic OH excluding ortho intramolecular Hbond substituents is 1. The van der Waals surface area contributed by atoms with E-state index in [1.165, 1.54) is 9.80 Å². The molecule has 22 heteroatoms. The molecule has 9 rings (SSSR count). The number of nitrogens with zero attached hydrogens (tertiary/aromatic N) is 6. The lowest BCUT2D eigenvalue weighted by Gasteiger charge is -2.40. The number of aliphatic hydroxyl groups excluding tert-OH is 2. The lowest BCUT2D eigenvalue weighted by atomic mass is 9.91. The van der Waals surface area contributed by atoms with Crippen molar-refractivity contribution in [2.45, 2.75) is 110 Å². The number of phenols is 1. The van der Waals surface area contributed by atoms with Crippen molar-refractivity contribution >= 4 is 35.8 Å². The molecule has 22 nitrogen and oxygen atoms in total. The Balaban J connectivity index is 0.000000220. The van der Waals surface area contributed by atoms with Crippen LogP contribution in [0.4, 0.5) is 9.59 Å². The van der Waals surface area contributed by atoms with Crippen LogP contribution in [-0.2, 0) is 58.5 Å². The molecule has 0 radical (unpaired) electrons. The Morgan fingerprint density at radius 1 is 0.590 bits per heavy atom. The van der Waals surface area contributed by atoms with Gasteiger partial charge >= 0.3 is 12.2 Å². The van der Waals surface area contributed by atoms with E-state index in [1.807, 2.05) is 31.3 Å². The zero-order valence-electron chi connectivity index (χ0n) is 48.2. The maximum Gasteiger partial charge on any atom is 0.410 e. The third-order valence-corrected chi connectivity index (χ3v) is 14.5. The Bertz CT molecular complexity index is 3090. The van der Waals surface area contributed by atoms with Gasteiger partial charge in [-0.15, -0.1) is 0 Å². The summed E-state index contributed by atoms with van der Waals surface area (Å²) >= 11 is 0. The summed E-state index contributed by atoms with van der Waals surface area (Å²) < 4.78 is 29.6. The SMILES string of the molecule is CC(C)(C)OC(=O)N1Cc2cc(O)ccc2C[C@H]1[C@H](O)CNC(=O)c1ccc(C(=O)N2CCOCC2)cc1.Cn1nccc1COc1ccc2c(c1)CN(C(=O)OC(C)(C)C)[C@H]([C@H](O)CNC(=O)c1ccc(C(=O)N3CCOCC3)cc1)C2. The second-order valence-electron chi connectivity index (χ2n) is 22.9. The Labute approximate surface area is 483 Å². The van der Waals surface area contributed by atoms with Crippen molar-refractivity contribution in [1.29, 1.82) is 0 Å². The minimum absolute atomic E-state index is 0.0848. The van der Waals surface area contributed by atoms with E-state index in [-0.39, 0.29) is 43.7 Å². The second kappa shape index (κ2) is 26.9. The highest BCUT2D eigenvalue weighted by Gasteiger charge is 2.39. The molecule has 5 aromatic rings. The summed E-state index contributed by atoms with van der Waals surface area (Å²) in [4.78, 5) is 83.8. The Morgan fingerprint density at radius 3 is 1.43 bits per heavy atom. The fraction of sp³-hybridized carbons (Fsp3) is 0.459. The molecule has 4 aliphatic rings. The van der Waals surface area contributed by atoms with Gasteiger partial charge in [-0.2, -0.15) is 5.10 Å². The number of rotatable bonds is 13. The van der Waals surface area contributed by atoms with E-state index in [9.17, 15) is 44.1 Å². The van der Waals surface area contributed by atoms with Crippen molar-refractivity contribution < 1.29 is 67.8 Å². The Morgan fingerprint density at radius 2 is 1.01 bits per heavy atom. The van der Waals surface area contributed by atoms with Gasteiger partial charge in [-0.1, -0.05) is 12.1 Å². The molecule has 0 aliphatic carbocycles. The molecular formula is C61H76N8O14. The van der Waals surface area contributed by atoms with Crippen LogP contribution in [0.1, 0.15) is 111 Å². The lowest BCUT2D eigenvalue weighted by molar-refractivity contribution is -0.0118. The molecule has 83 heavy (non-hydrogen) atoms. The molecule has 5 N–H and O–H groups in total. The maximum atomic E-state index is 13.3. The van der Waals surface area contributed by atoms with Crippen molar-refractivity contribution in [3.8, 4) is 11.5 Å². The number of amides is 6. The molecule has 5 heterocycles. The van der Waals surface area contributed by atoms with Gasteiger partial charge in [0.25, 0.3) is 23.6 Å². The summed E-state index contributed by atoms with van der Waals surface area (Å²) in [5.74, 6) is -0.259. The number of aromatic nitrogens is 2. The first kappa shape index (κ1) is 61.0. The van der Waals surface area contributed by atoms with Crippen LogP contribution in [0.3, 0.4) is 0 Å². The lowest BCUT2D eigenvalue weighted by Crippen LogP contribution is -2.54.